The zero-order chi connectivity index (χ0) is 21.8. The molecule has 1 aromatic heterocycles. The summed E-state index contributed by atoms with van der Waals surface area (Å²) in [4.78, 5) is 42.3. The number of piperazine rings is 1. The van der Waals surface area contributed by atoms with Crippen molar-refractivity contribution in [2.75, 3.05) is 26.7 Å². The number of amides is 2. The third-order valence-corrected chi connectivity index (χ3v) is 6.33. The van der Waals surface area contributed by atoms with Gasteiger partial charge in [0.25, 0.3) is 11.5 Å². The normalized spacial score (nSPS) is 20.0. The number of carbonyl (C=O) groups excluding carboxylic acids is 2. The second kappa shape index (κ2) is 9.47. The summed E-state index contributed by atoms with van der Waals surface area (Å²) in [7, 11) is 2.05. The number of hydrogen-bond donors (Lipinski definition) is 1. The Morgan fingerprint density at radius 2 is 1.77 bits per heavy atom. The molecule has 7 heteroatoms. The van der Waals surface area contributed by atoms with Crippen molar-refractivity contribution in [1.82, 2.24) is 19.7 Å². The summed E-state index contributed by atoms with van der Waals surface area (Å²) in [5, 5.41) is 3.04. The molecule has 1 saturated heterocycles. The van der Waals surface area contributed by atoms with Crippen molar-refractivity contribution in [2.45, 2.75) is 44.3 Å². The Bertz CT molecular complexity index is 982. The molecule has 4 rings (SSSR count). The van der Waals surface area contributed by atoms with Gasteiger partial charge in [-0.2, -0.15) is 0 Å². The number of hydrogen-bond acceptors (Lipinski definition) is 4. The van der Waals surface area contributed by atoms with E-state index in [2.05, 4.69) is 17.3 Å². The van der Waals surface area contributed by atoms with E-state index in [-0.39, 0.29) is 36.0 Å². The fraction of sp³-hybridized carbons (Fsp3) is 0.458. The van der Waals surface area contributed by atoms with Crippen molar-refractivity contribution in [2.24, 2.45) is 0 Å². The summed E-state index contributed by atoms with van der Waals surface area (Å²) >= 11 is 0. The lowest BCUT2D eigenvalue weighted by molar-refractivity contribution is -0.136. The van der Waals surface area contributed by atoms with Crippen LogP contribution in [0.4, 0.5) is 0 Å². The highest BCUT2D eigenvalue weighted by Gasteiger charge is 2.30. The number of nitrogens with zero attached hydrogens (tertiary/aromatic N) is 3. The SMILES string of the molecule is CN1CCN(C(=O)Cn2cc(C(=O)NC3CCCC3)ccc2=O)[C@@H](c2ccccc2)C1. The van der Waals surface area contributed by atoms with Gasteiger partial charge < -0.3 is 19.7 Å². The van der Waals surface area contributed by atoms with Crippen LogP contribution in [-0.2, 0) is 11.3 Å². The Kier molecular flexibility index (Phi) is 6.51. The van der Waals surface area contributed by atoms with Crippen LogP contribution in [0.1, 0.15) is 47.6 Å². The number of aromatic nitrogens is 1. The molecule has 2 fully saturated rings. The van der Waals surface area contributed by atoms with Crippen molar-refractivity contribution in [3.8, 4) is 0 Å². The number of nitrogens with one attached hydrogen (secondary N) is 1. The molecule has 2 aromatic rings. The highest BCUT2D eigenvalue weighted by atomic mass is 16.2. The van der Waals surface area contributed by atoms with Gasteiger partial charge in [-0.25, -0.2) is 0 Å². The molecule has 2 amide bonds. The van der Waals surface area contributed by atoms with Crippen molar-refractivity contribution in [3.63, 3.8) is 0 Å². The third kappa shape index (κ3) is 5.05. The second-order valence-electron chi connectivity index (χ2n) is 8.61. The second-order valence-corrected chi connectivity index (χ2v) is 8.61. The average Bonchev–Trinajstić information content (AvgIpc) is 3.28. The van der Waals surface area contributed by atoms with Crippen LogP contribution in [-0.4, -0.2) is 58.9 Å². The highest BCUT2D eigenvalue weighted by molar-refractivity contribution is 5.94. The molecular formula is C24H30N4O3. The molecule has 1 N–H and O–H groups in total. The van der Waals surface area contributed by atoms with Gasteiger partial charge in [-0.15, -0.1) is 0 Å². The molecule has 7 nitrogen and oxygen atoms in total. The quantitative estimate of drug-likeness (QED) is 0.800. The van der Waals surface area contributed by atoms with Gasteiger partial charge in [-0.05, 0) is 31.5 Å². The van der Waals surface area contributed by atoms with Gasteiger partial charge in [-0.3, -0.25) is 14.4 Å². The topological polar surface area (TPSA) is 74.7 Å². The van der Waals surface area contributed by atoms with Crippen molar-refractivity contribution >= 4 is 11.8 Å². The first-order valence-electron chi connectivity index (χ1n) is 11.1. The van der Waals surface area contributed by atoms with Gasteiger partial charge in [0.1, 0.15) is 6.54 Å². The maximum Gasteiger partial charge on any atom is 0.252 e. The minimum atomic E-state index is -0.281. The summed E-state index contributed by atoms with van der Waals surface area (Å²) in [6.45, 7) is 2.06. The Labute approximate surface area is 182 Å². The molecule has 1 aliphatic carbocycles. The summed E-state index contributed by atoms with van der Waals surface area (Å²) in [6.07, 6.45) is 5.76. The van der Waals surface area contributed by atoms with E-state index >= 15 is 0 Å². The minimum Gasteiger partial charge on any atom is -0.349 e. The van der Waals surface area contributed by atoms with Crippen molar-refractivity contribution in [1.29, 1.82) is 0 Å². The van der Waals surface area contributed by atoms with Gasteiger partial charge >= 0.3 is 0 Å². The Morgan fingerprint density at radius 1 is 1.03 bits per heavy atom. The van der Waals surface area contributed by atoms with Gasteiger partial charge in [0.05, 0.1) is 11.6 Å². The predicted molar refractivity (Wildman–Crippen MR) is 119 cm³/mol. The maximum absolute atomic E-state index is 13.2. The fourth-order valence-electron chi connectivity index (χ4n) is 4.54. The average molecular weight is 423 g/mol. The van der Waals surface area contributed by atoms with E-state index in [1.807, 2.05) is 35.2 Å². The number of benzene rings is 1. The molecule has 0 spiro atoms. The molecule has 1 saturated carbocycles. The first kappa shape index (κ1) is 21.3. The molecule has 31 heavy (non-hydrogen) atoms. The van der Waals surface area contributed by atoms with Crippen LogP contribution in [0.2, 0.25) is 0 Å². The molecule has 1 atom stereocenters. The lowest BCUT2D eigenvalue weighted by atomic mass is 10.0. The molecular weight excluding hydrogens is 392 g/mol. The number of likely N-dealkylation sites (N-methyl/N-ethyl adjacent to an activating group) is 1. The fourth-order valence-corrected chi connectivity index (χ4v) is 4.54. The lowest BCUT2D eigenvalue weighted by Gasteiger charge is -2.40. The summed E-state index contributed by atoms with van der Waals surface area (Å²) in [5.41, 5.74) is 1.22. The van der Waals surface area contributed by atoms with Crippen LogP contribution < -0.4 is 10.9 Å². The molecule has 2 aliphatic rings. The van der Waals surface area contributed by atoms with E-state index in [0.29, 0.717) is 12.1 Å². The number of pyridine rings is 1. The van der Waals surface area contributed by atoms with Gasteiger partial charge in [0.2, 0.25) is 5.91 Å². The zero-order valence-corrected chi connectivity index (χ0v) is 18.0. The Hall–Kier alpha value is -2.93. The first-order chi connectivity index (χ1) is 15.0. The van der Waals surface area contributed by atoms with Crippen LogP contribution in [0.3, 0.4) is 0 Å². The molecule has 164 valence electrons. The molecule has 1 aromatic carbocycles. The highest BCUT2D eigenvalue weighted by Crippen LogP contribution is 2.25. The van der Waals surface area contributed by atoms with E-state index in [9.17, 15) is 14.4 Å². The standard InChI is InChI=1S/C24H30N4O3/c1-26-13-14-28(21(16-26)18-7-3-2-4-8-18)23(30)17-27-15-19(11-12-22(27)29)24(31)25-20-9-5-6-10-20/h2-4,7-8,11-12,15,20-21H,5-6,9-10,13-14,16-17H2,1H3,(H,25,31)/t21-/m1/s1. The van der Waals surface area contributed by atoms with Crippen LogP contribution in [0.5, 0.6) is 0 Å². The van der Waals surface area contributed by atoms with Crippen molar-refractivity contribution < 1.29 is 9.59 Å². The molecule has 1 aliphatic heterocycles. The first-order valence-corrected chi connectivity index (χ1v) is 11.1. The Balaban J connectivity index is 1.50. The third-order valence-electron chi connectivity index (χ3n) is 6.33. The smallest absolute Gasteiger partial charge is 0.252 e. The predicted octanol–water partition coefficient (Wildman–Crippen LogP) is 2.04. The summed E-state index contributed by atoms with van der Waals surface area (Å²) < 4.78 is 1.35. The van der Waals surface area contributed by atoms with Gasteiger partial charge in [-0.1, -0.05) is 43.2 Å². The van der Waals surface area contributed by atoms with E-state index in [4.69, 9.17) is 0 Å². The molecule has 0 radical (unpaired) electrons. The maximum atomic E-state index is 13.2. The van der Waals surface area contributed by atoms with Crippen LogP contribution >= 0.6 is 0 Å². The van der Waals surface area contributed by atoms with E-state index < -0.39 is 0 Å². The lowest BCUT2D eigenvalue weighted by Crippen LogP contribution is -2.50. The van der Waals surface area contributed by atoms with E-state index in [1.54, 1.807) is 0 Å². The Morgan fingerprint density at radius 3 is 2.52 bits per heavy atom. The van der Waals surface area contributed by atoms with Crippen LogP contribution in [0, 0.1) is 0 Å². The monoisotopic (exact) mass is 422 g/mol. The van der Waals surface area contributed by atoms with E-state index in [1.165, 1.54) is 22.9 Å². The minimum absolute atomic E-state index is 0.0583. The van der Waals surface area contributed by atoms with Crippen molar-refractivity contribution in [3.05, 3.63) is 70.1 Å². The molecule has 0 bridgehead atoms. The van der Waals surface area contributed by atoms with Crippen LogP contribution in [0.15, 0.2) is 53.5 Å². The van der Waals surface area contributed by atoms with Gasteiger partial charge in [0, 0.05) is 37.9 Å². The summed E-state index contributed by atoms with van der Waals surface area (Å²) in [5.74, 6) is -0.299. The van der Waals surface area contributed by atoms with E-state index in [0.717, 1.165) is 44.3 Å². The molecule has 0 unspecified atom stereocenters. The number of rotatable bonds is 5. The number of carbonyl (C=O) groups is 2. The van der Waals surface area contributed by atoms with Gasteiger partial charge in [0.15, 0.2) is 0 Å². The molecule has 2 heterocycles. The summed E-state index contributed by atoms with van der Waals surface area (Å²) in [6, 6.07) is 13.0. The largest absolute Gasteiger partial charge is 0.349 e. The van der Waals surface area contributed by atoms with Crippen LogP contribution in [0.25, 0.3) is 0 Å². The zero-order valence-electron chi connectivity index (χ0n) is 18.0.